The fraction of sp³-hybridized carbons (Fsp3) is 0.238. The molecule has 1 aliphatic carbocycles. The third-order valence-corrected chi connectivity index (χ3v) is 5.33. The number of fused-ring (bicyclic) bond motifs is 1. The molecule has 0 saturated heterocycles. The molecule has 0 bridgehead atoms. The van der Waals surface area contributed by atoms with Gasteiger partial charge in [0.1, 0.15) is 5.69 Å². The minimum Gasteiger partial charge on any atom is -0.318 e. The lowest BCUT2D eigenvalue weighted by molar-refractivity contribution is 0.102. The van der Waals surface area contributed by atoms with Gasteiger partial charge in [0.15, 0.2) is 11.3 Å². The van der Waals surface area contributed by atoms with E-state index < -0.39 is 12.3 Å². The van der Waals surface area contributed by atoms with Gasteiger partial charge in [-0.2, -0.15) is 10.2 Å². The molecule has 1 fully saturated rings. The van der Waals surface area contributed by atoms with Gasteiger partial charge in [0.05, 0.1) is 18.4 Å². The zero-order valence-corrected chi connectivity index (χ0v) is 16.9. The van der Waals surface area contributed by atoms with Gasteiger partial charge >= 0.3 is 0 Å². The number of alkyl halides is 2. The van der Waals surface area contributed by atoms with Crippen molar-refractivity contribution in [1.82, 2.24) is 24.4 Å². The van der Waals surface area contributed by atoms with Gasteiger partial charge in [-0.05, 0) is 36.6 Å². The Morgan fingerprint density at radius 2 is 2.00 bits per heavy atom. The lowest BCUT2D eigenvalue weighted by Crippen LogP contribution is -2.12. The highest BCUT2D eigenvalue weighted by Crippen LogP contribution is 2.40. The largest absolute Gasteiger partial charge is 0.318 e. The summed E-state index contributed by atoms with van der Waals surface area (Å²) in [6.45, 7) is 0.507. The van der Waals surface area contributed by atoms with Crippen molar-refractivity contribution >= 4 is 28.8 Å². The van der Waals surface area contributed by atoms with Crippen LogP contribution in [0.15, 0.2) is 48.8 Å². The number of rotatable bonds is 6. The number of nitrogens with one attached hydrogen (secondary N) is 1. The molecule has 3 aromatic heterocycles. The number of aromatic nitrogens is 5. The van der Waals surface area contributed by atoms with Crippen LogP contribution in [0, 0.1) is 0 Å². The van der Waals surface area contributed by atoms with Crippen molar-refractivity contribution < 1.29 is 13.6 Å². The third kappa shape index (κ3) is 4.13. The second-order valence-corrected chi connectivity index (χ2v) is 7.92. The molecular formula is C21H17ClF2N6O. The highest BCUT2D eigenvalue weighted by atomic mass is 35.5. The molecule has 0 spiro atoms. The number of carbonyl (C=O) groups is 1. The summed E-state index contributed by atoms with van der Waals surface area (Å²) in [5.74, 6) is -0.314. The third-order valence-electron chi connectivity index (χ3n) is 5.08. The second-order valence-electron chi connectivity index (χ2n) is 7.49. The molecule has 1 N–H and O–H groups in total. The van der Waals surface area contributed by atoms with E-state index in [2.05, 4.69) is 20.5 Å². The van der Waals surface area contributed by atoms with Crippen LogP contribution in [-0.4, -0.2) is 30.3 Å². The van der Waals surface area contributed by atoms with Crippen molar-refractivity contribution in [2.75, 3.05) is 5.32 Å². The van der Waals surface area contributed by atoms with Crippen LogP contribution in [-0.2, 0) is 6.54 Å². The summed E-state index contributed by atoms with van der Waals surface area (Å²) in [7, 11) is 0. The lowest BCUT2D eigenvalue weighted by atomic mass is 10.2. The van der Waals surface area contributed by atoms with Crippen LogP contribution in [0.2, 0.25) is 5.02 Å². The van der Waals surface area contributed by atoms with Gasteiger partial charge in [0.2, 0.25) is 0 Å². The van der Waals surface area contributed by atoms with Crippen LogP contribution < -0.4 is 5.32 Å². The number of hydrogen-bond donors (Lipinski definition) is 1. The standard InChI is InChI=1S/C21H17ClF2N6O/c22-14-5-1-12(2-6-14)10-29-11-15(9-25-29)26-21(31)17-8-19-27-16(13-3-4-13)7-18(20(23)24)30(19)28-17/h1-2,5-9,11,13,20H,3-4,10H2,(H,26,31). The molecule has 1 amide bonds. The Hall–Kier alpha value is -3.33. The van der Waals surface area contributed by atoms with E-state index >= 15 is 0 Å². The number of halogens is 3. The minimum absolute atomic E-state index is 0.00722. The van der Waals surface area contributed by atoms with E-state index in [1.165, 1.54) is 18.3 Å². The summed E-state index contributed by atoms with van der Waals surface area (Å²) >= 11 is 5.89. The lowest BCUT2D eigenvalue weighted by Gasteiger charge is -2.06. The molecule has 1 saturated carbocycles. The summed E-state index contributed by atoms with van der Waals surface area (Å²) in [6.07, 6.45) is 2.35. The number of hydrogen-bond acceptors (Lipinski definition) is 4. The molecular weight excluding hydrogens is 426 g/mol. The Bertz CT molecular complexity index is 1260. The average Bonchev–Trinajstić information content (AvgIpc) is 3.36. The summed E-state index contributed by atoms with van der Waals surface area (Å²) in [4.78, 5) is 17.1. The van der Waals surface area contributed by atoms with E-state index in [0.717, 1.165) is 22.9 Å². The highest BCUT2D eigenvalue weighted by molar-refractivity contribution is 6.30. The first kappa shape index (κ1) is 19.6. The summed E-state index contributed by atoms with van der Waals surface area (Å²) in [6, 6.07) is 10.2. The smallest absolute Gasteiger partial charge is 0.280 e. The van der Waals surface area contributed by atoms with E-state index in [-0.39, 0.29) is 23.0 Å². The fourth-order valence-electron chi connectivity index (χ4n) is 3.36. The van der Waals surface area contributed by atoms with Crippen molar-refractivity contribution in [1.29, 1.82) is 0 Å². The molecule has 4 aromatic rings. The van der Waals surface area contributed by atoms with Gasteiger partial charge < -0.3 is 5.32 Å². The summed E-state index contributed by atoms with van der Waals surface area (Å²) in [5.41, 5.74) is 2.08. The SMILES string of the molecule is O=C(Nc1cnn(Cc2ccc(Cl)cc2)c1)c1cc2nc(C3CC3)cc(C(F)F)n2n1. The van der Waals surface area contributed by atoms with E-state index in [4.69, 9.17) is 11.6 Å². The first-order chi connectivity index (χ1) is 15.0. The Balaban J connectivity index is 1.35. The monoisotopic (exact) mass is 442 g/mol. The Kier molecular flexibility index (Phi) is 4.90. The molecule has 7 nitrogen and oxygen atoms in total. The van der Waals surface area contributed by atoms with Gasteiger partial charge in [0.25, 0.3) is 12.3 Å². The van der Waals surface area contributed by atoms with E-state index in [1.54, 1.807) is 23.0 Å². The van der Waals surface area contributed by atoms with Crippen LogP contribution in [0.25, 0.3) is 5.65 Å². The van der Waals surface area contributed by atoms with Crippen molar-refractivity contribution in [2.24, 2.45) is 0 Å². The van der Waals surface area contributed by atoms with Crippen LogP contribution >= 0.6 is 11.6 Å². The predicted molar refractivity (Wildman–Crippen MR) is 111 cm³/mol. The first-order valence-electron chi connectivity index (χ1n) is 9.73. The fourth-order valence-corrected chi connectivity index (χ4v) is 3.49. The minimum atomic E-state index is -2.72. The van der Waals surface area contributed by atoms with Gasteiger partial charge in [-0.3, -0.25) is 9.48 Å². The number of anilines is 1. The molecule has 5 rings (SSSR count). The maximum Gasteiger partial charge on any atom is 0.280 e. The van der Waals surface area contributed by atoms with Crippen LogP contribution in [0.5, 0.6) is 0 Å². The van der Waals surface area contributed by atoms with Gasteiger partial charge in [-0.1, -0.05) is 23.7 Å². The molecule has 1 aromatic carbocycles. The number of benzene rings is 1. The number of nitrogens with zero attached hydrogens (tertiary/aromatic N) is 5. The zero-order valence-electron chi connectivity index (χ0n) is 16.2. The second kappa shape index (κ2) is 7.73. The Morgan fingerprint density at radius 1 is 1.23 bits per heavy atom. The van der Waals surface area contributed by atoms with Gasteiger partial charge in [-0.15, -0.1) is 0 Å². The van der Waals surface area contributed by atoms with Gasteiger partial charge in [0, 0.05) is 28.9 Å². The van der Waals surface area contributed by atoms with E-state index in [1.807, 2.05) is 12.1 Å². The molecule has 10 heteroatoms. The molecule has 0 radical (unpaired) electrons. The summed E-state index contributed by atoms with van der Waals surface area (Å²) in [5, 5.41) is 11.6. The van der Waals surface area contributed by atoms with Crippen molar-refractivity contribution in [3.8, 4) is 0 Å². The molecule has 31 heavy (non-hydrogen) atoms. The zero-order chi connectivity index (χ0) is 21.5. The van der Waals surface area contributed by atoms with Gasteiger partial charge in [-0.25, -0.2) is 18.3 Å². The van der Waals surface area contributed by atoms with Crippen molar-refractivity contribution in [3.63, 3.8) is 0 Å². The van der Waals surface area contributed by atoms with Crippen molar-refractivity contribution in [3.05, 3.63) is 76.5 Å². The quantitative estimate of drug-likeness (QED) is 0.469. The number of amides is 1. The maximum absolute atomic E-state index is 13.5. The maximum atomic E-state index is 13.5. The Labute approximate surface area is 180 Å². The average molecular weight is 443 g/mol. The van der Waals surface area contributed by atoms with Crippen LogP contribution in [0.4, 0.5) is 14.5 Å². The summed E-state index contributed by atoms with van der Waals surface area (Å²) < 4.78 is 29.7. The van der Waals surface area contributed by atoms with Crippen LogP contribution in [0.3, 0.4) is 0 Å². The van der Waals surface area contributed by atoms with Crippen LogP contribution in [0.1, 0.15) is 52.6 Å². The molecule has 1 aliphatic rings. The van der Waals surface area contributed by atoms with Crippen molar-refractivity contribution in [2.45, 2.75) is 31.7 Å². The van der Waals surface area contributed by atoms with E-state index in [0.29, 0.717) is 22.9 Å². The predicted octanol–water partition coefficient (Wildman–Crippen LogP) is 4.69. The first-order valence-corrected chi connectivity index (χ1v) is 10.1. The molecule has 0 atom stereocenters. The highest BCUT2D eigenvalue weighted by Gasteiger charge is 2.28. The number of carbonyl (C=O) groups excluding carboxylic acids is 1. The van der Waals surface area contributed by atoms with E-state index in [9.17, 15) is 13.6 Å². The topological polar surface area (TPSA) is 77.1 Å². The molecule has 0 unspecified atom stereocenters. The molecule has 3 heterocycles. The molecule has 0 aliphatic heterocycles. The normalized spacial score (nSPS) is 13.8. The Morgan fingerprint density at radius 3 is 2.71 bits per heavy atom. The molecule has 158 valence electrons.